The zero-order valence-corrected chi connectivity index (χ0v) is 12.2. The molecule has 0 bridgehead atoms. The maximum Gasteiger partial charge on any atom is 0.170 e. The highest BCUT2D eigenvalue weighted by Crippen LogP contribution is 2.11. The van der Waals surface area contributed by atoms with E-state index >= 15 is 0 Å². The van der Waals surface area contributed by atoms with Crippen LogP contribution in [-0.2, 0) is 16.4 Å². The number of hydrogen-bond acceptors (Lipinski definition) is 5. The molecule has 0 fully saturated rings. The number of oxime groups is 1. The van der Waals surface area contributed by atoms with Gasteiger partial charge < -0.3 is 15.8 Å². The molecule has 0 aliphatic carbocycles. The molecule has 0 amide bonds. The standard InChI is InChI=1S/C12H18FN3O3S/c1-16(3-4-20(2,18)19)8-9-5-10(12(14)15-17)7-11(13)6-9/h5-7,17H,3-4,8H2,1-2H3,(H2,14,15). The summed E-state index contributed by atoms with van der Waals surface area (Å²) in [6.07, 6.45) is 1.17. The molecule has 1 aromatic rings. The monoisotopic (exact) mass is 303 g/mol. The number of nitrogens with two attached hydrogens (primary N) is 1. The Morgan fingerprint density at radius 2 is 2.10 bits per heavy atom. The Morgan fingerprint density at radius 3 is 2.65 bits per heavy atom. The first-order chi connectivity index (χ1) is 9.21. The van der Waals surface area contributed by atoms with Crippen LogP contribution in [0.4, 0.5) is 4.39 Å². The molecule has 0 aliphatic rings. The van der Waals surface area contributed by atoms with Gasteiger partial charge in [0.2, 0.25) is 0 Å². The summed E-state index contributed by atoms with van der Waals surface area (Å²) < 4.78 is 35.6. The summed E-state index contributed by atoms with van der Waals surface area (Å²) in [5.41, 5.74) is 6.31. The zero-order valence-electron chi connectivity index (χ0n) is 11.4. The van der Waals surface area contributed by atoms with Crippen LogP contribution in [0.25, 0.3) is 0 Å². The summed E-state index contributed by atoms with van der Waals surface area (Å²) in [5.74, 6) is -0.642. The van der Waals surface area contributed by atoms with Gasteiger partial charge in [0.25, 0.3) is 0 Å². The molecule has 6 nitrogen and oxygen atoms in total. The molecule has 20 heavy (non-hydrogen) atoms. The molecule has 1 rings (SSSR count). The van der Waals surface area contributed by atoms with Crippen molar-refractivity contribution in [3.05, 3.63) is 35.1 Å². The van der Waals surface area contributed by atoms with E-state index in [9.17, 15) is 12.8 Å². The first-order valence-corrected chi connectivity index (χ1v) is 7.91. The molecule has 0 saturated carbocycles. The predicted octanol–water partition coefficient (Wildman–Crippen LogP) is 0.397. The lowest BCUT2D eigenvalue weighted by atomic mass is 10.1. The van der Waals surface area contributed by atoms with Gasteiger partial charge in [-0.05, 0) is 30.8 Å². The van der Waals surface area contributed by atoms with Crippen molar-refractivity contribution in [1.82, 2.24) is 4.90 Å². The van der Waals surface area contributed by atoms with Gasteiger partial charge in [0, 0.05) is 24.9 Å². The molecule has 8 heteroatoms. The molecule has 0 spiro atoms. The van der Waals surface area contributed by atoms with Crippen LogP contribution in [0.2, 0.25) is 0 Å². The summed E-state index contributed by atoms with van der Waals surface area (Å²) in [4.78, 5) is 1.76. The predicted molar refractivity (Wildman–Crippen MR) is 75.0 cm³/mol. The van der Waals surface area contributed by atoms with Gasteiger partial charge in [-0.2, -0.15) is 0 Å². The third-order valence-corrected chi connectivity index (χ3v) is 3.58. The fourth-order valence-electron chi connectivity index (χ4n) is 1.66. The maximum atomic E-state index is 13.4. The molecule has 1 aromatic carbocycles. The Morgan fingerprint density at radius 1 is 1.45 bits per heavy atom. The molecule has 0 radical (unpaired) electrons. The third-order valence-electron chi connectivity index (χ3n) is 2.66. The van der Waals surface area contributed by atoms with Gasteiger partial charge in [-0.25, -0.2) is 12.8 Å². The average molecular weight is 303 g/mol. The highest BCUT2D eigenvalue weighted by Gasteiger charge is 2.09. The van der Waals surface area contributed by atoms with Gasteiger partial charge in [-0.3, -0.25) is 0 Å². The minimum Gasteiger partial charge on any atom is -0.409 e. The quantitative estimate of drug-likeness (QED) is 0.343. The maximum absolute atomic E-state index is 13.4. The lowest BCUT2D eigenvalue weighted by molar-refractivity contribution is 0.318. The molecule has 0 aliphatic heterocycles. The normalized spacial score (nSPS) is 12.9. The number of nitrogens with zero attached hydrogens (tertiary/aromatic N) is 2. The highest BCUT2D eigenvalue weighted by molar-refractivity contribution is 7.90. The Balaban J connectivity index is 2.79. The third kappa shape index (κ3) is 5.54. The van der Waals surface area contributed by atoms with E-state index in [1.54, 1.807) is 18.0 Å². The lowest BCUT2D eigenvalue weighted by Crippen LogP contribution is -2.25. The van der Waals surface area contributed by atoms with E-state index in [2.05, 4.69) is 5.16 Å². The minimum atomic E-state index is -3.03. The van der Waals surface area contributed by atoms with E-state index in [-0.39, 0.29) is 17.2 Å². The van der Waals surface area contributed by atoms with Gasteiger partial charge in [-0.1, -0.05) is 5.16 Å². The molecule has 0 atom stereocenters. The Kier molecular flexibility index (Phi) is 5.46. The second-order valence-electron chi connectivity index (χ2n) is 4.70. The largest absolute Gasteiger partial charge is 0.409 e. The number of sulfone groups is 1. The Bertz CT molecular complexity index is 602. The van der Waals surface area contributed by atoms with Crippen molar-refractivity contribution >= 4 is 15.7 Å². The first-order valence-electron chi connectivity index (χ1n) is 5.85. The SMILES string of the molecule is CN(CCS(C)(=O)=O)Cc1cc(F)cc(/C(N)=N/O)c1. The minimum absolute atomic E-state index is 0.0336. The van der Waals surface area contributed by atoms with Crippen LogP contribution < -0.4 is 5.73 Å². The van der Waals surface area contributed by atoms with Crippen molar-refractivity contribution in [2.75, 3.05) is 25.6 Å². The van der Waals surface area contributed by atoms with Crippen molar-refractivity contribution in [2.45, 2.75) is 6.54 Å². The Hall–Kier alpha value is -1.67. The number of rotatable bonds is 6. The van der Waals surface area contributed by atoms with E-state index in [1.807, 2.05) is 0 Å². The second-order valence-corrected chi connectivity index (χ2v) is 6.96. The van der Waals surface area contributed by atoms with Gasteiger partial charge in [0.1, 0.15) is 15.7 Å². The lowest BCUT2D eigenvalue weighted by Gasteiger charge is -2.16. The molecule has 3 N–H and O–H groups in total. The van der Waals surface area contributed by atoms with Crippen LogP contribution in [0, 0.1) is 5.82 Å². The van der Waals surface area contributed by atoms with Gasteiger partial charge in [0.15, 0.2) is 5.84 Å². The van der Waals surface area contributed by atoms with Gasteiger partial charge in [0.05, 0.1) is 5.75 Å². The number of benzene rings is 1. The summed E-state index contributed by atoms with van der Waals surface area (Å²) in [7, 11) is -1.30. The molecule has 0 saturated heterocycles. The highest BCUT2D eigenvalue weighted by atomic mass is 32.2. The summed E-state index contributed by atoms with van der Waals surface area (Å²) in [6, 6.07) is 4.08. The average Bonchev–Trinajstić information content (AvgIpc) is 2.34. The van der Waals surface area contributed by atoms with E-state index in [1.165, 1.54) is 12.3 Å². The summed E-state index contributed by atoms with van der Waals surface area (Å²) in [6.45, 7) is 0.702. The summed E-state index contributed by atoms with van der Waals surface area (Å²) in [5, 5.41) is 11.4. The Labute approximate surface area is 117 Å². The summed E-state index contributed by atoms with van der Waals surface area (Å²) >= 11 is 0. The second kappa shape index (κ2) is 6.67. The number of hydrogen-bond donors (Lipinski definition) is 2. The van der Waals surface area contributed by atoms with Crippen molar-refractivity contribution in [1.29, 1.82) is 0 Å². The van der Waals surface area contributed by atoms with E-state index in [0.29, 0.717) is 18.7 Å². The smallest absolute Gasteiger partial charge is 0.170 e. The topological polar surface area (TPSA) is 96.0 Å². The molecule has 112 valence electrons. The van der Waals surface area contributed by atoms with E-state index in [4.69, 9.17) is 10.9 Å². The van der Waals surface area contributed by atoms with Crippen molar-refractivity contribution in [3.8, 4) is 0 Å². The van der Waals surface area contributed by atoms with E-state index < -0.39 is 15.7 Å². The fourth-order valence-corrected chi connectivity index (χ4v) is 2.30. The van der Waals surface area contributed by atoms with Crippen molar-refractivity contribution < 1.29 is 18.0 Å². The zero-order chi connectivity index (χ0) is 15.3. The van der Waals surface area contributed by atoms with Crippen LogP contribution in [0.3, 0.4) is 0 Å². The van der Waals surface area contributed by atoms with Crippen molar-refractivity contribution in [2.24, 2.45) is 10.9 Å². The van der Waals surface area contributed by atoms with Crippen molar-refractivity contribution in [3.63, 3.8) is 0 Å². The number of halogens is 1. The fraction of sp³-hybridized carbons (Fsp3) is 0.417. The molecule has 0 unspecified atom stereocenters. The molecule has 0 aromatic heterocycles. The van der Waals surface area contributed by atoms with Crippen LogP contribution in [0.1, 0.15) is 11.1 Å². The van der Waals surface area contributed by atoms with Gasteiger partial charge >= 0.3 is 0 Å². The van der Waals surface area contributed by atoms with Crippen LogP contribution in [-0.4, -0.2) is 50.0 Å². The van der Waals surface area contributed by atoms with E-state index in [0.717, 1.165) is 6.07 Å². The molecular formula is C12H18FN3O3S. The van der Waals surface area contributed by atoms with Gasteiger partial charge in [-0.15, -0.1) is 0 Å². The van der Waals surface area contributed by atoms with Crippen LogP contribution >= 0.6 is 0 Å². The molecule has 0 heterocycles. The van der Waals surface area contributed by atoms with Crippen LogP contribution in [0.15, 0.2) is 23.4 Å². The number of amidine groups is 1. The molecular weight excluding hydrogens is 285 g/mol. The van der Waals surface area contributed by atoms with Crippen LogP contribution in [0.5, 0.6) is 0 Å². The first kappa shape index (κ1) is 16.4.